The van der Waals surface area contributed by atoms with E-state index in [4.69, 9.17) is 37.1 Å². The number of carbonyl (C=O) groups is 7. The number of primary amides is 2. The topological polar surface area (TPSA) is 271 Å². The van der Waals surface area contributed by atoms with Crippen molar-refractivity contribution in [1.82, 2.24) is 0 Å². The van der Waals surface area contributed by atoms with Gasteiger partial charge in [-0.25, -0.2) is 14.4 Å². The van der Waals surface area contributed by atoms with E-state index >= 15 is 0 Å². The molecule has 2 amide bonds. The van der Waals surface area contributed by atoms with Crippen molar-refractivity contribution in [3.63, 3.8) is 0 Å². The van der Waals surface area contributed by atoms with Crippen molar-refractivity contribution in [1.29, 1.82) is 0 Å². The molecule has 37 heavy (non-hydrogen) atoms. The molecule has 0 aromatic carbocycles. The summed E-state index contributed by atoms with van der Waals surface area (Å²) >= 11 is 0. The quantitative estimate of drug-likeness (QED) is 0.0881. The number of hydrogen-bond acceptors (Lipinski definition) is 12. The van der Waals surface area contributed by atoms with Gasteiger partial charge in [0.1, 0.15) is 12.1 Å². The largest absolute Gasteiger partial charge is 0.479 e. The standard InChI is InChI=1S/C22H34N4O11/c1-22(37-20(33)13(24)7-9-16(26)28,21(34)36-19(32)12(23)6-8-15(25)27)10-14(17(29)30)35-18(31)11-4-2-3-5-11/h11-14H,2-10,23-24H2,1H3,(H2,25,27)(H2,26,28)(H,29,30)/t12-,13-,14?,22?/m0/s1. The third kappa shape index (κ3) is 10.5. The van der Waals surface area contributed by atoms with Crippen molar-refractivity contribution < 1.29 is 52.9 Å². The summed E-state index contributed by atoms with van der Waals surface area (Å²) < 4.78 is 14.9. The summed E-state index contributed by atoms with van der Waals surface area (Å²) in [5, 5.41) is 9.61. The highest BCUT2D eigenvalue weighted by Crippen LogP contribution is 2.28. The molecular formula is C22H34N4O11. The van der Waals surface area contributed by atoms with Crippen LogP contribution in [0.4, 0.5) is 0 Å². The molecule has 4 atom stereocenters. The molecular weight excluding hydrogens is 496 g/mol. The lowest BCUT2D eigenvalue weighted by Gasteiger charge is -2.30. The van der Waals surface area contributed by atoms with E-state index < -0.39 is 77.8 Å². The van der Waals surface area contributed by atoms with Crippen LogP contribution in [0.25, 0.3) is 0 Å². The van der Waals surface area contributed by atoms with Gasteiger partial charge < -0.3 is 42.3 Å². The molecule has 9 N–H and O–H groups in total. The predicted molar refractivity (Wildman–Crippen MR) is 122 cm³/mol. The Labute approximate surface area is 212 Å². The normalized spacial score (nSPS) is 17.5. The average Bonchev–Trinajstić information content (AvgIpc) is 3.35. The second kappa shape index (κ2) is 14.2. The highest BCUT2D eigenvalue weighted by atomic mass is 16.6. The van der Waals surface area contributed by atoms with Gasteiger partial charge >= 0.3 is 29.8 Å². The van der Waals surface area contributed by atoms with E-state index in [0.29, 0.717) is 12.8 Å². The summed E-state index contributed by atoms with van der Waals surface area (Å²) in [4.78, 5) is 83.8. The Morgan fingerprint density at radius 1 is 0.892 bits per heavy atom. The van der Waals surface area contributed by atoms with Crippen molar-refractivity contribution in [2.75, 3.05) is 0 Å². The highest BCUT2D eigenvalue weighted by molar-refractivity contribution is 5.94. The first-order chi connectivity index (χ1) is 17.2. The molecule has 0 heterocycles. The van der Waals surface area contributed by atoms with Gasteiger partial charge in [0, 0.05) is 19.3 Å². The zero-order valence-corrected chi connectivity index (χ0v) is 20.5. The second-order valence-electron chi connectivity index (χ2n) is 9.03. The average molecular weight is 531 g/mol. The van der Waals surface area contributed by atoms with Gasteiger partial charge in [-0.3, -0.25) is 19.2 Å². The molecule has 1 aliphatic rings. The fourth-order valence-electron chi connectivity index (χ4n) is 3.50. The lowest BCUT2D eigenvalue weighted by Crippen LogP contribution is -2.51. The van der Waals surface area contributed by atoms with E-state index in [1.54, 1.807) is 0 Å². The minimum Gasteiger partial charge on any atom is -0.479 e. The number of carbonyl (C=O) groups excluding carboxylic acids is 6. The fourth-order valence-corrected chi connectivity index (χ4v) is 3.50. The van der Waals surface area contributed by atoms with Crippen molar-refractivity contribution in [2.45, 2.75) is 88.5 Å². The number of rotatable bonds is 15. The van der Waals surface area contributed by atoms with Crippen molar-refractivity contribution in [3.05, 3.63) is 0 Å². The number of esters is 4. The molecule has 0 radical (unpaired) electrons. The lowest BCUT2D eigenvalue weighted by molar-refractivity contribution is -0.193. The molecule has 15 heteroatoms. The second-order valence-corrected chi connectivity index (χ2v) is 9.03. The van der Waals surface area contributed by atoms with Gasteiger partial charge in [0.25, 0.3) is 0 Å². The Kier molecular flexibility index (Phi) is 12.1. The fraction of sp³-hybridized carbons (Fsp3) is 0.682. The third-order valence-electron chi connectivity index (χ3n) is 5.76. The van der Waals surface area contributed by atoms with Gasteiger partial charge in [0.15, 0.2) is 0 Å². The van der Waals surface area contributed by atoms with Crippen LogP contribution in [0.1, 0.15) is 64.7 Å². The van der Waals surface area contributed by atoms with Gasteiger partial charge in [0.05, 0.1) is 5.92 Å². The highest BCUT2D eigenvalue weighted by Gasteiger charge is 2.47. The zero-order chi connectivity index (χ0) is 28.3. The molecule has 2 unspecified atom stereocenters. The van der Waals surface area contributed by atoms with E-state index in [-0.39, 0.29) is 25.7 Å². The van der Waals surface area contributed by atoms with Gasteiger partial charge in [-0.1, -0.05) is 12.8 Å². The van der Waals surface area contributed by atoms with Crippen LogP contribution in [0.3, 0.4) is 0 Å². The Bertz CT molecular complexity index is 903. The van der Waals surface area contributed by atoms with Crippen LogP contribution in [0, 0.1) is 5.92 Å². The molecule has 1 rings (SSSR count). The molecule has 0 saturated heterocycles. The van der Waals surface area contributed by atoms with Gasteiger partial charge in [-0.15, -0.1) is 0 Å². The number of carboxylic acid groups (broad SMARTS) is 1. The number of amides is 2. The summed E-state index contributed by atoms with van der Waals surface area (Å²) in [5.74, 6) is -8.55. The Hall–Kier alpha value is -3.59. The van der Waals surface area contributed by atoms with Gasteiger partial charge in [-0.05, 0) is 32.6 Å². The molecule has 1 saturated carbocycles. The van der Waals surface area contributed by atoms with Crippen LogP contribution in [0.2, 0.25) is 0 Å². The van der Waals surface area contributed by atoms with Crippen LogP contribution >= 0.6 is 0 Å². The summed E-state index contributed by atoms with van der Waals surface area (Å²) in [6.07, 6.45) is -1.44. The van der Waals surface area contributed by atoms with Crippen LogP contribution < -0.4 is 22.9 Å². The first-order valence-electron chi connectivity index (χ1n) is 11.7. The van der Waals surface area contributed by atoms with Crippen molar-refractivity contribution in [2.24, 2.45) is 28.9 Å². The SMILES string of the molecule is CC(CC(OC(=O)C1CCCC1)C(=O)O)(OC(=O)[C@@H](N)CCC(N)=O)C(=O)OC(=O)[C@@H](N)CCC(N)=O. The predicted octanol–water partition coefficient (Wildman–Crippen LogP) is -1.88. The molecule has 1 aliphatic carbocycles. The summed E-state index contributed by atoms with van der Waals surface area (Å²) in [7, 11) is 0. The molecule has 208 valence electrons. The Balaban J connectivity index is 3.12. The molecule has 0 aromatic heterocycles. The number of nitrogens with two attached hydrogens (primary N) is 4. The molecule has 0 spiro atoms. The summed E-state index contributed by atoms with van der Waals surface area (Å²) in [6, 6.07) is -2.90. The van der Waals surface area contributed by atoms with Crippen LogP contribution in [-0.2, 0) is 47.8 Å². The maximum absolute atomic E-state index is 12.9. The maximum atomic E-state index is 12.9. The molecule has 0 aliphatic heterocycles. The monoisotopic (exact) mass is 530 g/mol. The minimum atomic E-state index is -2.49. The molecule has 15 nitrogen and oxygen atoms in total. The number of ether oxygens (including phenoxy) is 3. The van der Waals surface area contributed by atoms with Gasteiger partial charge in [0.2, 0.25) is 23.5 Å². The van der Waals surface area contributed by atoms with Crippen LogP contribution in [-0.4, -0.2) is 70.6 Å². The number of carboxylic acids is 1. The first kappa shape index (κ1) is 31.4. The zero-order valence-electron chi connectivity index (χ0n) is 20.5. The Morgan fingerprint density at radius 3 is 1.84 bits per heavy atom. The molecule has 0 aromatic rings. The maximum Gasteiger partial charge on any atom is 0.358 e. The molecule has 1 fully saturated rings. The summed E-state index contributed by atoms with van der Waals surface area (Å²) in [6.45, 7) is 0.940. The van der Waals surface area contributed by atoms with E-state index in [1.165, 1.54) is 0 Å². The van der Waals surface area contributed by atoms with Crippen molar-refractivity contribution >= 4 is 41.7 Å². The lowest BCUT2D eigenvalue weighted by atomic mass is 9.97. The van der Waals surface area contributed by atoms with Crippen LogP contribution in [0.5, 0.6) is 0 Å². The van der Waals surface area contributed by atoms with Gasteiger partial charge in [-0.2, -0.15) is 0 Å². The smallest absolute Gasteiger partial charge is 0.358 e. The first-order valence-corrected chi connectivity index (χ1v) is 11.7. The number of aliphatic carboxylic acids is 1. The molecule has 0 bridgehead atoms. The number of hydrogen-bond donors (Lipinski definition) is 5. The van der Waals surface area contributed by atoms with Crippen molar-refractivity contribution in [3.8, 4) is 0 Å². The van der Waals surface area contributed by atoms with Crippen LogP contribution in [0.15, 0.2) is 0 Å². The van der Waals surface area contributed by atoms with E-state index in [9.17, 15) is 38.7 Å². The van der Waals surface area contributed by atoms with E-state index in [1.807, 2.05) is 0 Å². The third-order valence-corrected chi connectivity index (χ3v) is 5.76. The Morgan fingerprint density at radius 2 is 1.38 bits per heavy atom. The van der Waals surface area contributed by atoms with E-state index in [0.717, 1.165) is 19.8 Å². The minimum absolute atomic E-state index is 0.255. The summed E-state index contributed by atoms with van der Waals surface area (Å²) in [5.41, 5.74) is 18.8. The van der Waals surface area contributed by atoms with E-state index in [2.05, 4.69) is 0 Å².